The Morgan fingerprint density at radius 2 is 1.85 bits per heavy atom. The van der Waals surface area contributed by atoms with Crippen molar-refractivity contribution in [2.24, 2.45) is 0 Å². The van der Waals surface area contributed by atoms with Gasteiger partial charge in [0.2, 0.25) is 0 Å². The maximum atomic E-state index is 13.2. The third-order valence-electron chi connectivity index (χ3n) is 5.72. The van der Waals surface area contributed by atoms with Crippen LogP contribution in [0.15, 0.2) is 60.7 Å². The van der Waals surface area contributed by atoms with Gasteiger partial charge in [-0.05, 0) is 55.0 Å². The van der Waals surface area contributed by atoms with E-state index in [1.807, 2.05) is 41.3 Å². The van der Waals surface area contributed by atoms with Crippen LogP contribution in [0.1, 0.15) is 15.9 Å². The molecule has 1 fully saturated rings. The fraction of sp³-hybridized carbons (Fsp3) is 0.200. The molecule has 1 amide bonds. The molecular weight excluding hydrogens is 452 g/mol. The Hall–Kier alpha value is -3.82. The van der Waals surface area contributed by atoms with E-state index in [0.717, 1.165) is 20.8 Å². The summed E-state index contributed by atoms with van der Waals surface area (Å²) in [6, 6.07) is 18.0. The first-order valence-corrected chi connectivity index (χ1v) is 11.7. The van der Waals surface area contributed by atoms with Crippen LogP contribution in [0.2, 0.25) is 0 Å². The summed E-state index contributed by atoms with van der Waals surface area (Å²) in [5, 5.41) is 15.1. The highest BCUT2D eigenvalue weighted by molar-refractivity contribution is 7.21. The van der Waals surface area contributed by atoms with Crippen LogP contribution in [0.25, 0.3) is 20.8 Å². The summed E-state index contributed by atoms with van der Waals surface area (Å²) in [7, 11) is 0. The SMILES string of the molecule is Cc1ccc2nc(-c3ccc(NC(=O)c4cc([N+](=O)[O-])ccc4N4CCOCC4)cc3)sc2c1. The van der Waals surface area contributed by atoms with Crippen molar-refractivity contribution in [3.05, 3.63) is 81.9 Å². The van der Waals surface area contributed by atoms with Crippen molar-refractivity contribution in [2.75, 3.05) is 36.5 Å². The van der Waals surface area contributed by atoms with Gasteiger partial charge in [0.15, 0.2) is 0 Å². The number of thiazole rings is 1. The second-order valence-electron chi connectivity index (χ2n) is 8.08. The lowest BCUT2D eigenvalue weighted by atomic mass is 10.1. The fourth-order valence-corrected chi connectivity index (χ4v) is 5.02. The monoisotopic (exact) mass is 474 g/mol. The van der Waals surface area contributed by atoms with Gasteiger partial charge in [-0.1, -0.05) is 6.07 Å². The topological polar surface area (TPSA) is 97.6 Å². The summed E-state index contributed by atoms with van der Waals surface area (Å²) in [6.07, 6.45) is 0. The number of nitrogens with one attached hydrogen (secondary N) is 1. The minimum atomic E-state index is -0.492. The molecule has 172 valence electrons. The summed E-state index contributed by atoms with van der Waals surface area (Å²) >= 11 is 1.63. The van der Waals surface area contributed by atoms with Crippen molar-refractivity contribution in [3.63, 3.8) is 0 Å². The van der Waals surface area contributed by atoms with Crippen molar-refractivity contribution in [1.82, 2.24) is 4.98 Å². The number of anilines is 2. The first-order chi connectivity index (χ1) is 16.5. The maximum Gasteiger partial charge on any atom is 0.270 e. The van der Waals surface area contributed by atoms with Crippen LogP contribution in [0, 0.1) is 17.0 Å². The molecule has 9 heteroatoms. The van der Waals surface area contributed by atoms with Crippen molar-refractivity contribution in [3.8, 4) is 10.6 Å². The molecule has 1 aliphatic rings. The summed E-state index contributed by atoms with van der Waals surface area (Å²) in [5.41, 5.74) is 4.52. The van der Waals surface area contributed by atoms with E-state index in [-0.39, 0.29) is 11.3 Å². The number of hydrogen-bond donors (Lipinski definition) is 1. The predicted octanol–water partition coefficient (Wildman–Crippen LogP) is 5.27. The molecule has 1 aromatic heterocycles. The standard InChI is InChI=1S/C25H22N4O4S/c1-16-2-8-21-23(14-16)34-25(27-21)17-3-5-18(6-4-17)26-24(30)20-15-19(29(31)32)7-9-22(20)28-10-12-33-13-11-28/h2-9,14-15H,10-13H2,1H3,(H,26,30). The van der Waals surface area contributed by atoms with Gasteiger partial charge in [0.1, 0.15) is 5.01 Å². The van der Waals surface area contributed by atoms with Gasteiger partial charge in [0, 0.05) is 36.5 Å². The number of nitro benzene ring substituents is 1. The molecule has 0 bridgehead atoms. The van der Waals surface area contributed by atoms with E-state index in [2.05, 4.69) is 18.3 Å². The number of hydrogen-bond acceptors (Lipinski definition) is 7. The van der Waals surface area contributed by atoms with Crippen LogP contribution >= 0.6 is 11.3 Å². The van der Waals surface area contributed by atoms with E-state index in [0.29, 0.717) is 37.7 Å². The van der Waals surface area contributed by atoms with Gasteiger partial charge in [-0.2, -0.15) is 0 Å². The van der Waals surface area contributed by atoms with Gasteiger partial charge < -0.3 is 15.0 Å². The minimum Gasteiger partial charge on any atom is -0.378 e. The number of nitro groups is 1. The van der Waals surface area contributed by atoms with Gasteiger partial charge >= 0.3 is 0 Å². The van der Waals surface area contributed by atoms with Crippen molar-refractivity contribution >= 4 is 44.5 Å². The van der Waals surface area contributed by atoms with Crippen LogP contribution in [-0.4, -0.2) is 42.1 Å². The number of carbonyl (C=O) groups excluding carboxylic acids is 1. The fourth-order valence-electron chi connectivity index (χ4n) is 3.95. The zero-order valence-electron chi connectivity index (χ0n) is 18.5. The molecule has 8 nitrogen and oxygen atoms in total. The van der Waals surface area contributed by atoms with Crippen LogP contribution in [0.5, 0.6) is 0 Å². The highest BCUT2D eigenvalue weighted by atomic mass is 32.1. The van der Waals surface area contributed by atoms with E-state index < -0.39 is 10.8 Å². The number of ether oxygens (including phenoxy) is 1. The molecule has 0 aliphatic carbocycles. The molecule has 2 heterocycles. The number of carbonyl (C=O) groups is 1. The Bertz CT molecular complexity index is 1380. The molecule has 0 radical (unpaired) electrons. The van der Waals surface area contributed by atoms with Gasteiger partial charge in [0.05, 0.1) is 39.6 Å². The molecule has 0 unspecified atom stereocenters. The summed E-state index contributed by atoms with van der Waals surface area (Å²) in [5.74, 6) is -0.395. The van der Waals surface area contributed by atoms with E-state index in [9.17, 15) is 14.9 Å². The summed E-state index contributed by atoms with van der Waals surface area (Å²) < 4.78 is 6.53. The number of morpholine rings is 1. The van der Waals surface area contributed by atoms with E-state index in [1.54, 1.807) is 17.4 Å². The average molecular weight is 475 g/mol. The zero-order valence-corrected chi connectivity index (χ0v) is 19.3. The van der Waals surface area contributed by atoms with Gasteiger partial charge in [-0.25, -0.2) is 4.98 Å². The molecule has 1 aliphatic heterocycles. The molecule has 1 saturated heterocycles. The number of aryl methyl sites for hydroxylation is 1. The quantitative estimate of drug-likeness (QED) is 0.313. The van der Waals surface area contributed by atoms with Gasteiger partial charge in [0.25, 0.3) is 11.6 Å². The summed E-state index contributed by atoms with van der Waals surface area (Å²) in [4.78, 5) is 30.7. The number of fused-ring (bicyclic) bond motifs is 1. The Balaban J connectivity index is 1.39. The average Bonchev–Trinajstić information content (AvgIpc) is 3.28. The summed E-state index contributed by atoms with van der Waals surface area (Å²) in [6.45, 7) is 4.39. The zero-order chi connectivity index (χ0) is 23.7. The number of aromatic nitrogens is 1. The lowest BCUT2D eigenvalue weighted by Gasteiger charge is -2.30. The Morgan fingerprint density at radius 3 is 2.59 bits per heavy atom. The lowest BCUT2D eigenvalue weighted by Crippen LogP contribution is -2.37. The second kappa shape index (κ2) is 9.20. The highest BCUT2D eigenvalue weighted by Crippen LogP contribution is 2.32. The number of nitrogens with zero attached hydrogens (tertiary/aromatic N) is 3. The van der Waals surface area contributed by atoms with Gasteiger partial charge in [-0.3, -0.25) is 14.9 Å². The maximum absolute atomic E-state index is 13.2. The molecule has 0 saturated carbocycles. The molecule has 0 atom stereocenters. The Morgan fingerprint density at radius 1 is 1.09 bits per heavy atom. The van der Waals surface area contributed by atoms with Crippen LogP contribution in [0.3, 0.4) is 0 Å². The number of amides is 1. The normalized spacial score (nSPS) is 13.7. The number of benzene rings is 3. The van der Waals surface area contributed by atoms with E-state index in [1.165, 1.54) is 17.7 Å². The molecule has 5 rings (SSSR count). The molecular formula is C25H22N4O4S. The first kappa shape index (κ1) is 22.0. The number of non-ortho nitro benzene ring substituents is 1. The minimum absolute atomic E-state index is 0.122. The molecule has 34 heavy (non-hydrogen) atoms. The van der Waals surface area contributed by atoms with E-state index in [4.69, 9.17) is 9.72 Å². The third kappa shape index (κ3) is 4.48. The highest BCUT2D eigenvalue weighted by Gasteiger charge is 2.22. The molecule has 4 aromatic rings. The first-order valence-electron chi connectivity index (χ1n) is 10.9. The lowest BCUT2D eigenvalue weighted by molar-refractivity contribution is -0.384. The second-order valence-corrected chi connectivity index (χ2v) is 9.11. The van der Waals surface area contributed by atoms with Crippen LogP contribution in [-0.2, 0) is 4.74 Å². The van der Waals surface area contributed by atoms with Crippen LogP contribution < -0.4 is 10.2 Å². The van der Waals surface area contributed by atoms with Gasteiger partial charge in [-0.15, -0.1) is 11.3 Å². The van der Waals surface area contributed by atoms with E-state index >= 15 is 0 Å². The van der Waals surface area contributed by atoms with Crippen molar-refractivity contribution in [1.29, 1.82) is 0 Å². The number of rotatable bonds is 5. The Kier molecular flexibility index (Phi) is 5.95. The van der Waals surface area contributed by atoms with Crippen molar-refractivity contribution < 1.29 is 14.5 Å². The third-order valence-corrected chi connectivity index (χ3v) is 6.79. The van der Waals surface area contributed by atoms with Crippen LogP contribution in [0.4, 0.5) is 17.1 Å². The largest absolute Gasteiger partial charge is 0.378 e. The molecule has 3 aromatic carbocycles. The van der Waals surface area contributed by atoms with Crippen molar-refractivity contribution in [2.45, 2.75) is 6.92 Å². The predicted molar refractivity (Wildman–Crippen MR) is 134 cm³/mol. The Labute approximate surface area is 200 Å². The smallest absolute Gasteiger partial charge is 0.270 e. The molecule has 0 spiro atoms. The molecule has 1 N–H and O–H groups in total.